The monoisotopic (exact) mass is 305 g/mol. The van der Waals surface area contributed by atoms with Gasteiger partial charge in [-0.3, -0.25) is 4.79 Å². The highest BCUT2D eigenvalue weighted by atomic mass is 16.5. The van der Waals surface area contributed by atoms with E-state index in [4.69, 9.17) is 9.84 Å². The molecule has 0 radical (unpaired) electrons. The van der Waals surface area contributed by atoms with E-state index in [-0.39, 0.29) is 17.4 Å². The number of carboxylic acid groups (broad SMARTS) is 1. The zero-order valence-corrected chi connectivity index (χ0v) is 13.3. The van der Waals surface area contributed by atoms with E-state index in [1.807, 2.05) is 4.90 Å². The molecule has 1 aliphatic heterocycles. The normalized spacial score (nSPS) is 18.3. The number of hydrogen-bond acceptors (Lipinski definition) is 3. The van der Waals surface area contributed by atoms with Crippen LogP contribution < -0.4 is 4.74 Å². The van der Waals surface area contributed by atoms with Gasteiger partial charge >= 0.3 is 5.97 Å². The number of carboxylic acids is 1. The minimum atomic E-state index is -1.04. The first-order valence-corrected chi connectivity index (χ1v) is 7.54. The van der Waals surface area contributed by atoms with Crippen molar-refractivity contribution in [2.24, 2.45) is 5.41 Å². The van der Waals surface area contributed by atoms with Crippen molar-refractivity contribution in [3.63, 3.8) is 0 Å². The highest BCUT2D eigenvalue weighted by Gasteiger charge is 2.37. The van der Waals surface area contributed by atoms with Crippen LogP contribution >= 0.6 is 0 Å². The van der Waals surface area contributed by atoms with Crippen molar-refractivity contribution in [2.75, 3.05) is 13.2 Å². The SMILES string of the molecule is CC(C)(C)C1CCCN1C(=O)c1cccc(OCC(=O)O)c1. The highest BCUT2D eigenvalue weighted by molar-refractivity contribution is 5.95. The maximum Gasteiger partial charge on any atom is 0.341 e. The molecule has 1 aromatic carbocycles. The molecule has 120 valence electrons. The van der Waals surface area contributed by atoms with Crippen LogP contribution in [0.2, 0.25) is 0 Å². The lowest BCUT2D eigenvalue weighted by Crippen LogP contribution is -2.43. The fraction of sp³-hybridized carbons (Fsp3) is 0.529. The van der Waals surface area contributed by atoms with Gasteiger partial charge in [0, 0.05) is 18.2 Å². The molecule has 1 saturated heterocycles. The van der Waals surface area contributed by atoms with Crippen LogP contribution in [0.4, 0.5) is 0 Å². The van der Waals surface area contributed by atoms with Crippen LogP contribution in [0.15, 0.2) is 24.3 Å². The molecule has 1 atom stereocenters. The first-order chi connectivity index (χ1) is 10.3. The Kier molecular flexibility index (Phi) is 4.74. The van der Waals surface area contributed by atoms with E-state index < -0.39 is 12.6 Å². The summed E-state index contributed by atoms with van der Waals surface area (Å²) in [5.41, 5.74) is 0.586. The molecule has 1 N–H and O–H groups in total. The molecule has 1 unspecified atom stereocenters. The second-order valence-corrected chi connectivity index (χ2v) is 6.73. The van der Waals surface area contributed by atoms with Crippen LogP contribution in [0, 0.1) is 5.41 Å². The molecule has 5 nitrogen and oxygen atoms in total. The maximum absolute atomic E-state index is 12.7. The molecule has 1 amide bonds. The number of carbonyl (C=O) groups excluding carboxylic acids is 1. The van der Waals surface area contributed by atoms with Crippen molar-refractivity contribution in [1.29, 1.82) is 0 Å². The summed E-state index contributed by atoms with van der Waals surface area (Å²) in [5.74, 6) is -0.651. The average Bonchev–Trinajstić information content (AvgIpc) is 2.94. The third-order valence-electron chi connectivity index (χ3n) is 3.96. The molecule has 22 heavy (non-hydrogen) atoms. The molecular weight excluding hydrogens is 282 g/mol. The van der Waals surface area contributed by atoms with Crippen molar-refractivity contribution < 1.29 is 19.4 Å². The van der Waals surface area contributed by atoms with Gasteiger partial charge in [-0.1, -0.05) is 26.8 Å². The van der Waals surface area contributed by atoms with E-state index in [1.54, 1.807) is 24.3 Å². The van der Waals surface area contributed by atoms with Crippen LogP contribution in [-0.4, -0.2) is 41.1 Å². The van der Waals surface area contributed by atoms with Gasteiger partial charge < -0.3 is 14.7 Å². The van der Waals surface area contributed by atoms with Gasteiger partial charge in [-0.15, -0.1) is 0 Å². The van der Waals surface area contributed by atoms with E-state index in [1.165, 1.54) is 0 Å². The summed E-state index contributed by atoms with van der Waals surface area (Å²) in [6, 6.07) is 6.96. The van der Waals surface area contributed by atoms with Gasteiger partial charge in [0.2, 0.25) is 0 Å². The lowest BCUT2D eigenvalue weighted by Gasteiger charge is -2.35. The summed E-state index contributed by atoms with van der Waals surface area (Å²) in [6.45, 7) is 6.80. The van der Waals surface area contributed by atoms with Gasteiger partial charge in [-0.25, -0.2) is 4.79 Å². The number of ether oxygens (including phenoxy) is 1. The van der Waals surface area contributed by atoms with Crippen molar-refractivity contribution in [3.8, 4) is 5.75 Å². The van der Waals surface area contributed by atoms with Crippen LogP contribution in [0.5, 0.6) is 5.75 Å². The largest absolute Gasteiger partial charge is 0.482 e. The third-order valence-corrected chi connectivity index (χ3v) is 3.96. The number of rotatable bonds is 4. The van der Waals surface area contributed by atoms with Gasteiger partial charge in [-0.05, 0) is 36.5 Å². The summed E-state index contributed by atoms with van der Waals surface area (Å²) in [5, 5.41) is 8.65. The minimum absolute atomic E-state index is 0.0156. The number of nitrogens with zero attached hydrogens (tertiary/aromatic N) is 1. The zero-order chi connectivity index (χ0) is 16.3. The molecule has 1 heterocycles. The zero-order valence-electron chi connectivity index (χ0n) is 13.3. The molecule has 2 rings (SSSR count). The van der Waals surface area contributed by atoms with Gasteiger partial charge in [0.1, 0.15) is 5.75 Å². The first-order valence-electron chi connectivity index (χ1n) is 7.54. The smallest absolute Gasteiger partial charge is 0.341 e. The number of likely N-dealkylation sites (tertiary alicyclic amines) is 1. The predicted octanol–water partition coefficient (Wildman–Crippen LogP) is 2.80. The van der Waals surface area contributed by atoms with Gasteiger partial charge in [-0.2, -0.15) is 0 Å². The fourth-order valence-corrected chi connectivity index (χ4v) is 2.94. The number of benzene rings is 1. The van der Waals surface area contributed by atoms with Crippen LogP contribution in [-0.2, 0) is 4.79 Å². The summed E-state index contributed by atoms with van der Waals surface area (Å²) < 4.78 is 5.14. The van der Waals surface area contributed by atoms with Crippen LogP contribution in [0.1, 0.15) is 44.0 Å². The number of aliphatic carboxylic acids is 1. The minimum Gasteiger partial charge on any atom is -0.482 e. The van der Waals surface area contributed by atoms with E-state index in [9.17, 15) is 9.59 Å². The van der Waals surface area contributed by atoms with Crippen molar-refractivity contribution in [1.82, 2.24) is 4.90 Å². The molecule has 1 aromatic rings. The second-order valence-electron chi connectivity index (χ2n) is 6.73. The van der Waals surface area contributed by atoms with Crippen molar-refractivity contribution in [2.45, 2.75) is 39.7 Å². The average molecular weight is 305 g/mol. The van der Waals surface area contributed by atoms with E-state index in [0.29, 0.717) is 11.3 Å². The van der Waals surface area contributed by atoms with Gasteiger partial charge in [0.05, 0.1) is 0 Å². The number of hydrogen-bond donors (Lipinski definition) is 1. The molecule has 0 bridgehead atoms. The fourth-order valence-electron chi connectivity index (χ4n) is 2.94. The molecule has 0 spiro atoms. The van der Waals surface area contributed by atoms with E-state index in [0.717, 1.165) is 19.4 Å². The Morgan fingerprint density at radius 2 is 2.09 bits per heavy atom. The molecule has 0 aromatic heterocycles. The standard InChI is InChI=1S/C17H23NO4/c1-17(2,3)14-8-5-9-18(14)16(21)12-6-4-7-13(10-12)22-11-15(19)20/h4,6-7,10,14H,5,8-9,11H2,1-3H3,(H,19,20). The molecule has 0 aliphatic carbocycles. The molecular formula is C17H23NO4. The van der Waals surface area contributed by atoms with Gasteiger partial charge in [0.25, 0.3) is 5.91 Å². The molecule has 1 fully saturated rings. The topological polar surface area (TPSA) is 66.8 Å². The van der Waals surface area contributed by atoms with Crippen LogP contribution in [0.25, 0.3) is 0 Å². The number of carbonyl (C=O) groups is 2. The summed E-state index contributed by atoms with van der Waals surface area (Å²) in [4.78, 5) is 25.2. The first kappa shape index (κ1) is 16.3. The van der Waals surface area contributed by atoms with Crippen molar-refractivity contribution >= 4 is 11.9 Å². The lowest BCUT2D eigenvalue weighted by molar-refractivity contribution is -0.139. The second kappa shape index (κ2) is 6.38. The van der Waals surface area contributed by atoms with Crippen LogP contribution in [0.3, 0.4) is 0 Å². The third kappa shape index (κ3) is 3.78. The Labute approximate surface area is 130 Å². The Balaban J connectivity index is 2.15. The number of amides is 1. The Bertz CT molecular complexity index is 562. The molecule has 5 heteroatoms. The summed E-state index contributed by atoms with van der Waals surface area (Å²) in [7, 11) is 0. The summed E-state index contributed by atoms with van der Waals surface area (Å²) in [6.07, 6.45) is 2.04. The Morgan fingerprint density at radius 1 is 1.36 bits per heavy atom. The predicted molar refractivity (Wildman–Crippen MR) is 83.1 cm³/mol. The van der Waals surface area contributed by atoms with Crippen molar-refractivity contribution in [3.05, 3.63) is 29.8 Å². The van der Waals surface area contributed by atoms with Gasteiger partial charge in [0.15, 0.2) is 6.61 Å². The molecule has 1 aliphatic rings. The van der Waals surface area contributed by atoms with E-state index >= 15 is 0 Å². The van der Waals surface area contributed by atoms with E-state index in [2.05, 4.69) is 20.8 Å². The maximum atomic E-state index is 12.7. The summed E-state index contributed by atoms with van der Waals surface area (Å²) >= 11 is 0. The quantitative estimate of drug-likeness (QED) is 0.929. The lowest BCUT2D eigenvalue weighted by atomic mass is 9.85. The highest BCUT2D eigenvalue weighted by Crippen LogP contribution is 2.33. The molecule has 0 saturated carbocycles. The Morgan fingerprint density at radius 3 is 2.73 bits per heavy atom. The Hall–Kier alpha value is -2.04.